The average Bonchev–Trinajstić information content (AvgIpc) is 3.32. The summed E-state index contributed by atoms with van der Waals surface area (Å²) in [4.78, 5) is 11.0. The highest BCUT2D eigenvalue weighted by Gasteiger charge is 2.41. The Bertz CT molecular complexity index is 915. The van der Waals surface area contributed by atoms with E-state index < -0.39 is 0 Å². The molecule has 144 valence electrons. The third kappa shape index (κ3) is 3.76. The van der Waals surface area contributed by atoms with Crippen LogP contribution in [0.25, 0.3) is 0 Å². The van der Waals surface area contributed by atoms with Gasteiger partial charge in [-0.15, -0.1) is 0 Å². The Hall–Kier alpha value is -2.77. The average molecular weight is 394 g/mol. The number of pyridine rings is 2. The summed E-state index contributed by atoms with van der Waals surface area (Å²) in [6.45, 7) is 2.16. The molecule has 1 saturated heterocycles. The van der Waals surface area contributed by atoms with Crippen LogP contribution in [-0.2, 0) is 17.8 Å². The summed E-state index contributed by atoms with van der Waals surface area (Å²) in [6, 6.07) is 14.3. The summed E-state index contributed by atoms with van der Waals surface area (Å²) in [5.41, 5.74) is 3.33. The van der Waals surface area contributed by atoms with Gasteiger partial charge < -0.3 is 19.5 Å². The zero-order valence-electron chi connectivity index (χ0n) is 15.7. The fourth-order valence-electron chi connectivity index (χ4n) is 3.67. The SMILES string of the molecule is COCCn1cccc1[C@H]1[C@@H](c2ccccn2)NC(=S)N1Cc1ccncc1. The molecule has 2 atom stereocenters. The number of hydrogen-bond donors (Lipinski definition) is 1. The molecule has 28 heavy (non-hydrogen) atoms. The number of nitrogens with one attached hydrogen (secondary N) is 1. The first-order chi connectivity index (χ1) is 13.8. The minimum absolute atomic E-state index is 0.0215. The first-order valence-corrected chi connectivity index (χ1v) is 9.69. The molecule has 0 aliphatic carbocycles. The first-order valence-electron chi connectivity index (χ1n) is 9.29. The fourth-order valence-corrected chi connectivity index (χ4v) is 3.98. The molecule has 0 saturated carbocycles. The summed E-state index contributed by atoms with van der Waals surface area (Å²) < 4.78 is 7.53. The van der Waals surface area contributed by atoms with Gasteiger partial charge in [-0.3, -0.25) is 9.97 Å². The second-order valence-corrected chi connectivity index (χ2v) is 7.12. The van der Waals surface area contributed by atoms with Crippen molar-refractivity contribution in [2.24, 2.45) is 0 Å². The molecule has 0 unspecified atom stereocenters. The Morgan fingerprint density at radius 1 is 1.11 bits per heavy atom. The Morgan fingerprint density at radius 3 is 2.71 bits per heavy atom. The molecule has 0 spiro atoms. The zero-order chi connectivity index (χ0) is 19.3. The normalized spacial score (nSPS) is 19.0. The van der Waals surface area contributed by atoms with Gasteiger partial charge in [0.15, 0.2) is 5.11 Å². The quantitative estimate of drug-likeness (QED) is 0.623. The van der Waals surface area contributed by atoms with Crippen LogP contribution in [0.4, 0.5) is 0 Å². The molecule has 0 aromatic carbocycles. The van der Waals surface area contributed by atoms with Gasteiger partial charge in [-0.1, -0.05) is 6.07 Å². The maximum absolute atomic E-state index is 5.74. The molecule has 4 heterocycles. The minimum Gasteiger partial charge on any atom is -0.383 e. The van der Waals surface area contributed by atoms with Gasteiger partial charge in [-0.2, -0.15) is 0 Å². The van der Waals surface area contributed by atoms with Crippen molar-refractivity contribution < 1.29 is 4.74 Å². The maximum Gasteiger partial charge on any atom is 0.170 e. The summed E-state index contributed by atoms with van der Waals surface area (Å²) in [7, 11) is 1.72. The van der Waals surface area contributed by atoms with Crippen LogP contribution in [0, 0.1) is 0 Å². The third-order valence-corrected chi connectivity index (χ3v) is 5.36. The molecule has 0 amide bonds. The van der Waals surface area contributed by atoms with E-state index >= 15 is 0 Å². The van der Waals surface area contributed by atoms with Crippen molar-refractivity contribution in [2.45, 2.75) is 25.2 Å². The van der Waals surface area contributed by atoms with E-state index in [4.69, 9.17) is 17.0 Å². The molecule has 1 aliphatic heterocycles. The highest BCUT2D eigenvalue weighted by molar-refractivity contribution is 7.80. The van der Waals surface area contributed by atoms with Crippen LogP contribution in [0.5, 0.6) is 0 Å². The van der Waals surface area contributed by atoms with Gasteiger partial charge in [0.25, 0.3) is 0 Å². The molecule has 3 aromatic rings. The summed E-state index contributed by atoms with van der Waals surface area (Å²) >= 11 is 5.74. The number of nitrogens with zero attached hydrogens (tertiary/aromatic N) is 4. The van der Waals surface area contributed by atoms with Crippen LogP contribution >= 0.6 is 12.2 Å². The van der Waals surface area contributed by atoms with Crippen molar-refractivity contribution in [3.05, 3.63) is 84.2 Å². The van der Waals surface area contributed by atoms with Crippen molar-refractivity contribution in [3.8, 4) is 0 Å². The topological polar surface area (TPSA) is 55.2 Å². The van der Waals surface area contributed by atoms with Gasteiger partial charge in [0.05, 0.1) is 24.4 Å². The van der Waals surface area contributed by atoms with E-state index in [0.29, 0.717) is 13.2 Å². The summed E-state index contributed by atoms with van der Waals surface area (Å²) in [6.07, 6.45) is 7.55. The lowest BCUT2D eigenvalue weighted by atomic mass is 10.0. The van der Waals surface area contributed by atoms with Crippen molar-refractivity contribution in [2.75, 3.05) is 13.7 Å². The first kappa shape index (κ1) is 18.6. The van der Waals surface area contributed by atoms with Crippen LogP contribution in [0.2, 0.25) is 0 Å². The second kappa shape index (κ2) is 8.50. The number of hydrogen-bond acceptors (Lipinski definition) is 4. The molecule has 0 bridgehead atoms. The van der Waals surface area contributed by atoms with Crippen LogP contribution in [0.15, 0.2) is 67.3 Å². The molecule has 6 nitrogen and oxygen atoms in total. The van der Waals surface area contributed by atoms with Crippen molar-refractivity contribution in [1.82, 2.24) is 24.8 Å². The van der Waals surface area contributed by atoms with Crippen molar-refractivity contribution >= 4 is 17.3 Å². The smallest absolute Gasteiger partial charge is 0.170 e. The highest BCUT2D eigenvalue weighted by Crippen LogP contribution is 2.39. The predicted molar refractivity (Wildman–Crippen MR) is 112 cm³/mol. The molecular weight excluding hydrogens is 370 g/mol. The molecule has 1 fully saturated rings. The van der Waals surface area contributed by atoms with Crippen molar-refractivity contribution in [3.63, 3.8) is 0 Å². The molecule has 4 rings (SSSR count). The van der Waals surface area contributed by atoms with Gasteiger partial charge in [0.1, 0.15) is 0 Å². The lowest BCUT2D eigenvalue weighted by Gasteiger charge is -2.29. The Kier molecular flexibility index (Phi) is 5.64. The van der Waals surface area contributed by atoms with Crippen LogP contribution in [0.3, 0.4) is 0 Å². The molecular formula is C21H23N5OS. The molecule has 1 N–H and O–H groups in total. The number of methoxy groups -OCH3 is 1. The van der Waals surface area contributed by atoms with Gasteiger partial charge >= 0.3 is 0 Å². The number of rotatable bonds is 7. The Balaban J connectivity index is 1.72. The maximum atomic E-state index is 5.74. The lowest BCUT2D eigenvalue weighted by molar-refractivity contribution is 0.183. The van der Waals surface area contributed by atoms with Crippen LogP contribution in [0.1, 0.15) is 29.0 Å². The van der Waals surface area contributed by atoms with Crippen molar-refractivity contribution in [1.29, 1.82) is 0 Å². The van der Waals surface area contributed by atoms with E-state index in [-0.39, 0.29) is 12.1 Å². The lowest BCUT2D eigenvalue weighted by Crippen LogP contribution is -2.30. The Labute approximate surface area is 170 Å². The van der Waals surface area contributed by atoms with E-state index in [1.54, 1.807) is 7.11 Å². The van der Waals surface area contributed by atoms with Gasteiger partial charge in [0, 0.05) is 50.7 Å². The largest absolute Gasteiger partial charge is 0.383 e. The third-order valence-electron chi connectivity index (χ3n) is 5.00. The Morgan fingerprint density at radius 2 is 1.96 bits per heavy atom. The number of ether oxygens (including phenoxy) is 1. The molecule has 1 aliphatic rings. The van der Waals surface area contributed by atoms with Gasteiger partial charge in [-0.25, -0.2) is 0 Å². The highest BCUT2D eigenvalue weighted by atomic mass is 32.1. The van der Waals surface area contributed by atoms with Gasteiger partial charge in [-0.05, 0) is 54.2 Å². The number of aromatic nitrogens is 3. The molecule has 0 radical (unpaired) electrons. The van der Waals surface area contributed by atoms with E-state index in [0.717, 1.165) is 17.4 Å². The van der Waals surface area contributed by atoms with E-state index in [9.17, 15) is 0 Å². The van der Waals surface area contributed by atoms with Gasteiger partial charge in [0.2, 0.25) is 0 Å². The second-order valence-electron chi connectivity index (χ2n) is 6.73. The van der Waals surface area contributed by atoms with E-state index in [2.05, 4.69) is 43.1 Å². The van der Waals surface area contributed by atoms with E-state index in [1.165, 1.54) is 11.3 Å². The number of thiocarbonyl (C=S) groups is 1. The zero-order valence-corrected chi connectivity index (χ0v) is 16.5. The predicted octanol–water partition coefficient (Wildman–Crippen LogP) is 3.10. The fraction of sp³-hybridized carbons (Fsp3) is 0.286. The van der Waals surface area contributed by atoms with E-state index in [1.807, 2.05) is 48.9 Å². The molecule has 3 aromatic heterocycles. The van der Waals surface area contributed by atoms with Crippen LogP contribution in [-0.4, -0.2) is 38.3 Å². The molecule has 7 heteroatoms. The monoisotopic (exact) mass is 393 g/mol. The summed E-state index contributed by atoms with van der Waals surface area (Å²) in [5.74, 6) is 0. The standard InChI is InChI=1S/C21H23N5OS/c1-27-14-13-25-12-4-6-18(25)20-19(17-5-2-3-9-23-17)24-21(28)26(20)15-16-7-10-22-11-8-16/h2-12,19-20H,13-15H2,1H3,(H,24,28)/t19-,20+/m1/s1. The van der Waals surface area contributed by atoms with Crippen LogP contribution < -0.4 is 5.32 Å². The summed E-state index contributed by atoms with van der Waals surface area (Å²) in [5, 5.41) is 4.23. The minimum atomic E-state index is -0.0215.